The molecule has 0 aromatic rings. The summed E-state index contributed by atoms with van der Waals surface area (Å²) < 4.78 is 0. The van der Waals surface area contributed by atoms with E-state index in [1.807, 2.05) is 0 Å². The third kappa shape index (κ3) is 9.85. The van der Waals surface area contributed by atoms with Gasteiger partial charge in [-0.2, -0.15) is 0 Å². The number of rotatable bonds is 9. The van der Waals surface area contributed by atoms with Gasteiger partial charge in [0.1, 0.15) is 0 Å². The highest BCUT2D eigenvalue weighted by atomic mass is 16.2. The quantitative estimate of drug-likeness (QED) is 0.628. The van der Waals surface area contributed by atoms with E-state index in [9.17, 15) is 9.59 Å². The van der Waals surface area contributed by atoms with Crippen LogP contribution >= 0.6 is 0 Å². The van der Waals surface area contributed by atoms with Crippen LogP contribution in [-0.4, -0.2) is 37.4 Å². The standard InChI is InChI=1S/C13H26N2O2/c1-4-5-6-7-8-9-12(16)14-11-10-13(17)15(2)3/h4-11H2,1-3H3,(H,14,16). The molecule has 0 spiro atoms. The molecule has 0 unspecified atom stereocenters. The number of unbranched alkanes of at least 4 members (excludes halogenated alkanes) is 4. The summed E-state index contributed by atoms with van der Waals surface area (Å²) in [5.41, 5.74) is 0. The first-order valence-electron chi connectivity index (χ1n) is 6.54. The lowest BCUT2D eigenvalue weighted by Crippen LogP contribution is -2.29. The largest absolute Gasteiger partial charge is 0.356 e. The Balaban J connectivity index is 3.38. The number of nitrogens with one attached hydrogen (secondary N) is 1. The van der Waals surface area contributed by atoms with E-state index in [2.05, 4.69) is 12.2 Å². The Kier molecular flexibility index (Phi) is 9.49. The van der Waals surface area contributed by atoms with Gasteiger partial charge in [-0.25, -0.2) is 0 Å². The van der Waals surface area contributed by atoms with E-state index in [1.165, 1.54) is 24.2 Å². The lowest BCUT2D eigenvalue weighted by molar-refractivity contribution is -0.128. The fraction of sp³-hybridized carbons (Fsp3) is 0.846. The summed E-state index contributed by atoms with van der Waals surface area (Å²) in [6, 6.07) is 0. The summed E-state index contributed by atoms with van der Waals surface area (Å²) >= 11 is 0. The number of hydrogen-bond acceptors (Lipinski definition) is 2. The molecule has 0 aromatic heterocycles. The summed E-state index contributed by atoms with van der Waals surface area (Å²) in [7, 11) is 3.44. The van der Waals surface area contributed by atoms with Crippen LogP contribution in [0.2, 0.25) is 0 Å². The molecule has 4 heteroatoms. The van der Waals surface area contributed by atoms with Gasteiger partial charge >= 0.3 is 0 Å². The zero-order chi connectivity index (χ0) is 13.1. The molecular weight excluding hydrogens is 216 g/mol. The lowest BCUT2D eigenvalue weighted by atomic mass is 10.1. The molecule has 0 rings (SSSR count). The van der Waals surface area contributed by atoms with E-state index >= 15 is 0 Å². The second-order valence-electron chi connectivity index (χ2n) is 4.55. The minimum Gasteiger partial charge on any atom is -0.356 e. The van der Waals surface area contributed by atoms with Gasteiger partial charge in [-0.15, -0.1) is 0 Å². The first-order chi connectivity index (χ1) is 8.07. The van der Waals surface area contributed by atoms with Crippen LogP contribution in [0, 0.1) is 0 Å². The van der Waals surface area contributed by atoms with E-state index < -0.39 is 0 Å². The van der Waals surface area contributed by atoms with E-state index in [0.29, 0.717) is 19.4 Å². The van der Waals surface area contributed by atoms with Crippen molar-refractivity contribution in [3.05, 3.63) is 0 Å². The zero-order valence-corrected chi connectivity index (χ0v) is 11.4. The molecule has 4 nitrogen and oxygen atoms in total. The Bertz CT molecular complexity index is 227. The lowest BCUT2D eigenvalue weighted by Gasteiger charge is -2.10. The summed E-state index contributed by atoms with van der Waals surface area (Å²) in [6.07, 6.45) is 6.72. The molecule has 17 heavy (non-hydrogen) atoms. The average molecular weight is 242 g/mol. The van der Waals surface area contributed by atoms with Gasteiger partial charge in [0.2, 0.25) is 11.8 Å². The van der Waals surface area contributed by atoms with Crippen molar-refractivity contribution in [3.8, 4) is 0 Å². The number of amides is 2. The minimum absolute atomic E-state index is 0.0493. The molecule has 0 heterocycles. The second kappa shape index (κ2) is 10.1. The maximum atomic E-state index is 11.4. The smallest absolute Gasteiger partial charge is 0.223 e. The Morgan fingerprint density at radius 1 is 1.00 bits per heavy atom. The van der Waals surface area contributed by atoms with Crippen molar-refractivity contribution in [2.24, 2.45) is 0 Å². The Morgan fingerprint density at radius 2 is 1.65 bits per heavy atom. The highest BCUT2D eigenvalue weighted by Gasteiger charge is 2.05. The summed E-state index contributed by atoms with van der Waals surface area (Å²) in [5, 5.41) is 2.77. The molecule has 0 bridgehead atoms. The molecule has 0 aliphatic rings. The monoisotopic (exact) mass is 242 g/mol. The second-order valence-corrected chi connectivity index (χ2v) is 4.55. The van der Waals surface area contributed by atoms with Crippen molar-refractivity contribution in [2.45, 2.75) is 51.9 Å². The number of carbonyl (C=O) groups is 2. The zero-order valence-electron chi connectivity index (χ0n) is 11.4. The van der Waals surface area contributed by atoms with E-state index in [-0.39, 0.29) is 11.8 Å². The number of nitrogens with zero attached hydrogens (tertiary/aromatic N) is 1. The van der Waals surface area contributed by atoms with Gasteiger partial charge in [0, 0.05) is 33.5 Å². The predicted octanol–water partition coefficient (Wildman–Crippen LogP) is 1.94. The van der Waals surface area contributed by atoms with Crippen molar-refractivity contribution < 1.29 is 9.59 Å². The van der Waals surface area contributed by atoms with Gasteiger partial charge in [-0.3, -0.25) is 9.59 Å². The molecule has 0 atom stereocenters. The van der Waals surface area contributed by atoms with Crippen LogP contribution in [0.5, 0.6) is 0 Å². The summed E-state index contributed by atoms with van der Waals surface area (Å²) in [5.74, 6) is 0.112. The van der Waals surface area contributed by atoms with Crippen LogP contribution in [0.3, 0.4) is 0 Å². The van der Waals surface area contributed by atoms with Crippen molar-refractivity contribution in [1.29, 1.82) is 0 Å². The van der Waals surface area contributed by atoms with Crippen molar-refractivity contribution >= 4 is 11.8 Å². The van der Waals surface area contributed by atoms with Gasteiger partial charge in [0.05, 0.1) is 0 Å². The fourth-order valence-corrected chi connectivity index (χ4v) is 1.51. The van der Waals surface area contributed by atoms with E-state index in [0.717, 1.165) is 12.8 Å². The van der Waals surface area contributed by atoms with Gasteiger partial charge in [-0.05, 0) is 6.42 Å². The maximum absolute atomic E-state index is 11.4. The molecule has 1 N–H and O–H groups in total. The van der Waals surface area contributed by atoms with Gasteiger partial charge in [0.25, 0.3) is 0 Å². The minimum atomic E-state index is 0.0493. The molecule has 0 saturated heterocycles. The first-order valence-corrected chi connectivity index (χ1v) is 6.54. The molecule has 0 radical (unpaired) electrons. The van der Waals surface area contributed by atoms with Crippen LogP contribution in [0.15, 0.2) is 0 Å². The van der Waals surface area contributed by atoms with Gasteiger partial charge < -0.3 is 10.2 Å². The van der Waals surface area contributed by atoms with Crippen LogP contribution in [0.1, 0.15) is 51.9 Å². The maximum Gasteiger partial charge on any atom is 0.223 e. The summed E-state index contributed by atoms with van der Waals surface area (Å²) in [4.78, 5) is 24.2. The van der Waals surface area contributed by atoms with E-state index in [1.54, 1.807) is 14.1 Å². The van der Waals surface area contributed by atoms with Crippen LogP contribution in [0.4, 0.5) is 0 Å². The number of carbonyl (C=O) groups excluding carboxylic acids is 2. The van der Waals surface area contributed by atoms with Crippen molar-refractivity contribution in [3.63, 3.8) is 0 Å². The number of hydrogen-bond donors (Lipinski definition) is 1. The van der Waals surface area contributed by atoms with Crippen LogP contribution in [0.25, 0.3) is 0 Å². The van der Waals surface area contributed by atoms with Gasteiger partial charge in [-0.1, -0.05) is 32.6 Å². The molecule has 0 fully saturated rings. The van der Waals surface area contributed by atoms with E-state index in [4.69, 9.17) is 0 Å². The topological polar surface area (TPSA) is 49.4 Å². The molecule has 0 saturated carbocycles. The predicted molar refractivity (Wildman–Crippen MR) is 69.7 cm³/mol. The Morgan fingerprint density at radius 3 is 2.24 bits per heavy atom. The fourth-order valence-electron chi connectivity index (χ4n) is 1.51. The average Bonchev–Trinajstić information content (AvgIpc) is 2.28. The first kappa shape index (κ1) is 15.9. The van der Waals surface area contributed by atoms with Crippen molar-refractivity contribution in [2.75, 3.05) is 20.6 Å². The molecule has 0 aromatic carbocycles. The normalized spacial score (nSPS) is 10.1. The SMILES string of the molecule is CCCCCCCC(=O)NCCC(=O)N(C)C. The molecule has 0 aliphatic carbocycles. The Labute approximate surface area is 105 Å². The third-order valence-corrected chi connectivity index (χ3v) is 2.67. The highest BCUT2D eigenvalue weighted by Crippen LogP contribution is 2.04. The van der Waals surface area contributed by atoms with Gasteiger partial charge in [0.15, 0.2) is 0 Å². The molecular formula is C13H26N2O2. The Hall–Kier alpha value is -1.06. The summed E-state index contributed by atoms with van der Waals surface area (Å²) in [6.45, 7) is 2.62. The van der Waals surface area contributed by atoms with Crippen molar-refractivity contribution in [1.82, 2.24) is 10.2 Å². The third-order valence-electron chi connectivity index (χ3n) is 2.67. The van der Waals surface area contributed by atoms with Crippen LogP contribution < -0.4 is 5.32 Å². The highest BCUT2D eigenvalue weighted by molar-refractivity contribution is 5.78. The molecule has 100 valence electrons. The molecule has 2 amide bonds. The van der Waals surface area contributed by atoms with Crippen LogP contribution in [-0.2, 0) is 9.59 Å². The molecule has 0 aliphatic heterocycles.